The lowest BCUT2D eigenvalue weighted by atomic mass is 9.88. The van der Waals surface area contributed by atoms with Gasteiger partial charge in [-0.1, -0.05) is 0 Å². The van der Waals surface area contributed by atoms with E-state index >= 15 is 0 Å². The van der Waals surface area contributed by atoms with Crippen molar-refractivity contribution in [3.63, 3.8) is 0 Å². The highest BCUT2D eigenvalue weighted by Gasteiger charge is 2.26. The molecule has 1 aromatic carbocycles. The minimum atomic E-state index is -0.446. The second-order valence-electron chi connectivity index (χ2n) is 4.12. The fraction of sp³-hybridized carbons (Fsp3) is 0.364. The van der Waals surface area contributed by atoms with Gasteiger partial charge in [-0.25, -0.2) is 0 Å². The van der Waals surface area contributed by atoms with Crippen molar-refractivity contribution in [2.24, 2.45) is 0 Å². The molecule has 90 valence electrons. The largest absolute Gasteiger partial charge is 0.399 e. The van der Waals surface area contributed by atoms with Crippen LogP contribution in [0.4, 0.5) is 11.4 Å². The van der Waals surface area contributed by atoms with Crippen LogP contribution in [0.15, 0.2) is 18.2 Å². The summed E-state index contributed by atoms with van der Waals surface area (Å²) in [6, 6.07) is 4.63. The van der Waals surface area contributed by atoms with E-state index in [1.165, 1.54) is 6.07 Å². The number of rotatable bonds is 2. The number of hydrogen-bond donors (Lipinski definition) is 2. The van der Waals surface area contributed by atoms with Crippen molar-refractivity contribution in [1.82, 2.24) is 5.32 Å². The van der Waals surface area contributed by atoms with Crippen LogP contribution < -0.4 is 11.1 Å². The number of nitrogens with one attached hydrogen (secondary N) is 1. The third-order valence-corrected chi connectivity index (χ3v) is 2.94. The van der Waals surface area contributed by atoms with E-state index in [0.717, 1.165) is 6.42 Å². The molecule has 1 unspecified atom stereocenters. The predicted octanol–water partition coefficient (Wildman–Crippen LogP) is 1.17. The SMILES string of the molecule is Nc1ccc(C2CCNC(=O)C2)c([N+](=O)[O-])c1. The summed E-state index contributed by atoms with van der Waals surface area (Å²) in [6.07, 6.45) is 1.02. The first-order valence-electron chi connectivity index (χ1n) is 5.38. The van der Waals surface area contributed by atoms with E-state index in [9.17, 15) is 14.9 Å². The van der Waals surface area contributed by atoms with Crippen molar-refractivity contribution in [1.29, 1.82) is 0 Å². The Balaban J connectivity index is 2.37. The summed E-state index contributed by atoms with van der Waals surface area (Å²) in [5.74, 6) is -0.155. The van der Waals surface area contributed by atoms with Gasteiger partial charge in [-0.2, -0.15) is 0 Å². The van der Waals surface area contributed by atoms with Crippen molar-refractivity contribution < 1.29 is 9.72 Å². The number of carbonyl (C=O) groups is 1. The Bertz CT molecular complexity index is 473. The maximum Gasteiger partial charge on any atom is 0.274 e. The zero-order valence-corrected chi connectivity index (χ0v) is 9.18. The number of nitrogens with zero attached hydrogens (tertiary/aromatic N) is 1. The molecule has 3 N–H and O–H groups in total. The first-order chi connectivity index (χ1) is 8.08. The third kappa shape index (κ3) is 2.35. The summed E-state index contributed by atoms with van der Waals surface area (Å²) in [4.78, 5) is 21.8. The summed E-state index contributed by atoms with van der Waals surface area (Å²) in [5, 5.41) is 13.7. The highest BCUT2D eigenvalue weighted by atomic mass is 16.6. The Morgan fingerprint density at radius 1 is 1.47 bits per heavy atom. The van der Waals surface area contributed by atoms with E-state index in [0.29, 0.717) is 24.2 Å². The smallest absolute Gasteiger partial charge is 0.274 e. The number of hydrogen-bond acceptors (Lipinski definition) is 4. The molecule has 1 aliphatic heterocycles. The van der Waals surface area contributed by atoms with Crippen LogP contribution in [0.5, 0.6) is 0 Å². The first kappa shape index (κ1) is 11.4. The Hall–Kier alpha value is -2.11. The van der Waals surface area contributed by atoms with Gasteiger partial charge in [-0.15, -0.1) is 0 Å². The normalized spacial score (nSPS) is 19.8. The Morgan fingerprint density at radius 3 is 2.88 bits per heavy atom. The molecular formula is C11H13N3O3. The molecule has 0 radical (unpaired) electrons. The second kappa shape index (κ2) is 4.40. The highest BCUT2D eigenvalue weighted by Crippen LogP contribution is 2.33. The fourth-order valence-electron chi connectivity index (χ4n) is 2.11. The molecule has 1 atom stereocenters. The number of nitrogens with two attached hydrogens (primary N) is 1. The minimum absolute atomic E-state index is 0.00435. The van der Waals surface area contributed by atoms with E-state index in [1.807, 2.05) is 0 Å². The number of amides is 1. The van der Waals surface area contributed by atoms with Crippen LogP contribution in [0.25, 0.3) is 0 Å². The highest BCUT2D eigenvalue weighted by molar-refractivity contribution is 5.78. The number of benzene rings is 1. The summed E-state index contributed by atoms with van der Waals surface area (Å²) in [5.41, 5.74) is 6.50. The summed E-state index contributed by atoms with van der Waals surface area (Å²) in [7, 11) is 0. The molecular weight excluding hydrogens is 222 g/mol. The molecule has 6 heteroatoms. The number of anilines is 1. The Morgan fingerprint density at radius 2 is 2.24 bits per heavy atom. The number of piperidine rings is 1. The second-order valence-corrected chi connectivity index (χ2v) is 4.12. The maximum atomic E-state index is 11.3. The first-order valence-corrected chi connectivity index (χ1v) is 5.38. The average molecular weight is 235 g/mol. The van der Waals surface area contributed by atoms with Gasteiger partial charge in [0.25, 0.3) is 5.69 Å². The maximum absolute atomic E-state index is 11.3. The van der Waals surface area contributed by atoms with E-state index in [4.69, 9.17) is 5.73 Å². The molecule has 1 amide bonds. The van der Waals surface area contributed by atoms with Crippen LogP contribution >= 0.6 is 0 Å². The van der Waals surface area contributed by atoms with Gasteiger partial charge in [-0.05, 0) is 18.6 Å². The predicted molar refractivity (Wildman–Crippen MR) is 62.5 cm³/mol. The van der Waals surface area contributed by atoms with E-state index in [2.05, 4.69) is 5.32 Å². The molecule has 0 saturated carbocycles. The topological polar surface area (TPSA) is 98.3 Å². The van der Waals surface area contributed by atoms with Crippen LogP contribution in [0.1, 0.15) is 24.3 Å². The van der Waals surface area contributed by atoms with E-state index in [1.54, 1.807) is 12.1 Å². The van der Waals surface area contributed by atoms with Gasteiger partial charge in [0.05, 0.1) is 4.92 Å². The van der Waals surface area contributed by atoms with Gasteiger partial charge < -0.3 is 11.1 Å². The third-order valence-electron chi connectivity index (χ3n) is 2.94. The molecule has 17 heavy (non-hydrogen) atoms. The monoisotopic (exact) mass is 235 g/mol. The van der Waals surface area contributed by atoms with Gasteiger partial charge in [0.15, 0.2) is 0 Å². The molecule has 6 nitrogen and oxygen atoms in total. The van der Waals surface area contributed by atoms with Crippen molar-refractivity contribution in [2.45, 2.75) is 18.8 Å². The number of nitrogen functional groups attached to an aromatic ring is 1. The molecule has 1 heterocycles. The van der Waals surface area contributed by atoms with Crippen molar-refractivity contribution in [3.05, 3.63) is 33.9 Å². The summed E-state index contributed by atoms with van der Waals surface area (Å²) in [6.45, 7) is 0.561. The van der Waals surface area contributed by atoms with Gasteiger partial charge >= 0.3 is 0 Å². The van der Waals surface area contributed by atoms with Gasteiger partial charge in [0.1, 0.15) is 0 Å². The standard InChI is InChI=1S/C11H13N3O3/c12-8-1-2-9(10(6-8)14(16)17)7-3-4-13-11(15)5-7/h1-2,6-7H,3-5,12H2,(H,13,15). The molecule has 1 aliphatic rings. The lowest BCUT2D eigenvalue weighted by molar-refractivity contribution is -0.385. The molecule has 1 fully saturated rings. The number of carbonyl (C=O) groups excluding carboxylic acids is 1. The zero-order chi connectivity index (χ0) is 12.4. The molecule has 1 saturated heterocycles. The van der Waals surface area contributed by atoms with Crippen molar-refractivity contribution >= 4 is 17.3 Å². The van der Waals surface area contributed by atoms with Crippen LogP contribution in [-0.4, -0.2) is 17.4 Å². The number of nitro benzene ring substituents is 1. The van der Waals surface area contributed by atoms with Gasteiger partial charge in [-0.3, -0.25) is 14.9 Å². The Kier molecular flexibility index (Phi) is 2.95. The van der Waals surface area contributed by atoms with E-state index < -0.39 is 4.92 Å². The minimum Gasteiger partial charge on any atom is -0.399 e. The quantitative estimate of drug-likeness (QED) is 0.456. The van der Waals surface area contributed by atoms with Gasteiger partial charge in [0.2, 0.25) is 5.91 Å². The molecule has 0 aliphatic carbocycles. The van der Waals surface area contributed by atoms with Gasteiger partial charge in [0, 0.05) is 36.2 Å². The molecule has 0 aromatic heterocycles. The molecule has 0 bridgehead atoms. The van der Waals surface area contributed by atoms with Crippen LogP contribution in [0.2, 0.25) is 0 Å². The lowest BCUT2D eigenvalue weighted by Crippen LogP contribution is -2.32. The summed E-state index contributed by atoms with van der Waals surface area (Å²) < 4.78 is 0. The average Bonchev–Trinajstić information content (AvgIpc) is 2.28. The molecule has 0 spiro atoms. The van der Waals surface area contributed by atoms with Crippen molar-refractivity contribution in [3.8, 4) is 0 Å². The molecule has 2 rings (SSSR count). The van der Waals surface area contributed by atoms with Crippen LogP contribution in [0.3, 0.4) is 0 Å². The van der Waals surface area contributed by atoms with Crippen molar-refractivity contribution in [2.75, 3.05) is 12.3 Å². The fourth-order valence-corrected chi connectivity index (χ4v) is 2.11. The Labute approximate surface area is 98.0 Å². The number of nitro groups is 1. The molecule has 1 aromatic rings. The van der Waals surface area contributed by atoms with E-state index in [-0.39, 0.29) is 17.5 Å². The van der Waals surface area contributed by atoms with Crippen LogP contribution in [-0.2, 0) is 4.79 Å². The summed E-state index contributed by atoms with van der Waals surface area (Å²) >= 11 is 0. The lowest BCUT2D eigenvalue weighted by Gasteiger charge is -2.22. The van der Waals surface area contributed by atoms with Crippen LogP contribution in [0, 0.1) is 10.1 Å². The zero-order valence-electron chi connectivity index (χ0n) is 9.18.